The van der Waals surface area contributed by atoms with Crippen LogP contribution in [-0.2, 0) is 16.1 Å². The molecule has 0 radical (unpaired) electrons. The number of likely N-dealkylation sites (tertiary alicyclic amines) is 1. The van der Waals surface area contributed by atoms with Crippen LogP contribution < -0.4 is 25.7 Å². The summed E-state index contributed by atoms with van der Waals surface area (Å²) in [5, 5.41) is 7.71. The van der Waals surface area contributed by atoms with E-state index in [-0.39, 0.29) is 23.6 Å². The van der Waals surface area contributed by atoms with E-state index in [0.717, 1.165) is 6.42 Å². The Morgan fingerprint density at radius 3 is 2.74 bits per heavy atom. The molecule has 12 heteroatoms. The summed E-state index contributed by atoms with van der Waals surface area (Å²) in [5.41, 5.74) is 1.12. The highest BCUT2D eigenvalue weighted by Crippen LogP contribution is 2.38. The van der Waals surface area contributed by atoms with Gasteiger partial charge in [-0.3, -0.25) is 14.2 Å². The Kier molecular flexibility index (Phi) is 8.01. The first kappa shape index (κ1) is 26.9. The van der Waals surface area contributed by atoms with Gasteiger partial charge in [-0.2, -0.15) is 4.98 Å². The molecule has 2 saturated heterocycles. The minimum atomic E-state index is -0.257. The van der Waals surface area contributed by atoms with Crippen molar-refractivity contribution in [2.24, 2.45) is 0 Å². The van der Waals surface area contributed by atoms with Crippen molar-refractivity contribution in [3.63, 3.8) is 0 Å². The quantitative estimate of drug-likeness (QED) is 0.364. The number of ether oxygens (including phenoxy) is 3. The van der Waals surface area contributed by atoms with E-state index >= 15 is 0 Å². The average Bonchev–Trinajstić information content (AvgIpc) is 3.43. The molecule has 0 bridgehead atoms. The number of nitrogens with zero attached hydrogens (tertiary/aromatic N) is 4. The first-order chi connectivity index (χ1) is 18.9. The van der Waals surface area contributed by atoms with Crippen molar-refractivity contribution in [3.8, 4) is 22.6 Å². The van der Waals surface area contributed by atoms with Crippen molar-refractivity contribution in [2.75, 3.05) is 52.4 Å². The molecule has 1 unspecified atom stereocenters. The normalized spacial score (nSPS) is 17.2. The lowest BCUT2D eigenvalue weighted by molar-refractivity contribution is -0.130. The van der Waals surface area contributed by atoms with E-state index in [1.54, 1.807) is 41.0 Å². The third kappa shape index (κ3) is 5.56. The van der Waals surface area contributed by atoms with Crippen molar-refractivity contribution < 1.29 is 19.0 Å². The standard InChI is InChI=1S/C27H31ClN6O5/c1-4-23(35)33-13-18(14-33)29-6-7-34-25-16(12-30-27(32-25)31-17-5-8-39-15-17)9-21(26(34)36)20-10-19(37-2)11-22(38-3)24(20)28/h4,9-12,17-18,29H,1,5-8,13-15H2,2-3H3,(H,30,31,32). The second-order valence-electron chi connectivity index (χ2n) is 9.48. The van der Waals surface area contributed by atoms with E-state index in [1.165, 1.54) is 13.2 Å². The molecule has 39 heavy (non-hydrogen) atoms. The van der Waals surface area contributed by atoms with Crippen molar-refractivity contribution in [3.05, 3.63) is 52.4 Å². The largest absolute Gasteiger partial charge is 0.497 e. The molecule has 2 fully saturated rings. The van der Waals surface area contributed by atoms with Gasteiger partial charge in [-0.15, -0.1) is 0 Å². The average molecular weight is 555 g/mol. The van der Waals surface area contributed by atoms with Crippen molar-refractivity contribution in [1.82, 2.24) is 24.8 Å². The van der Waals surface area contributed by atoms with Crippen molar-refractivity contribution in [2.45, 2.75) is 25.0 Å². The fourth-order valence-electron chi connectivity index (χ4n) is 4.79. The first-order valence-corrected chi connectivity index (χ1v) is 13.1. The number of fused-ring (bicyclic) bond motifs is 1. The van der Waals surface area contributed by atoms with Crippen LogP contribution >= 0.6 is 11.6 Å². The summed E-state index contributed by atoms with van der Waals surface area (Å²) in [5.74, 6) is 1.26. The molecule has 4 heterocycles. The van der Waals surface area contributed by atoms with Crippen LogP contribution in [0.3, 0.4) is 0 Å². The summed E-state index contributed by atoms with van der Waals surface area (Å²) in [6, 6.07) is 5.39. The second kappa shape index (κ2) is 11.6. The van der Waals surface area contributed by atoms with E-state index in [0.29, 0.717) is 84.0 Å². The summed E-state index contributed by atoms with van der Waals surface area (Å²) in [6.07, 6.45) is 3.87. The molecule has 11 nitrogen and oxygen atoms in total. The Morgan fingerprint density at radius 1 is 1.23 bits per heavy atom. The van der Waals surface area contributed by atoms with Crippen LogP contribution in [0.25, 0.3) is 22.2 Å². The van der Waals surface area contributed by atoms with Gasteiger partial charge in [-0.1, -0.05) is 18.2 Å². The summed E-state index contributed by atoms with van der Waals surface area (Å²) in [6.45, 7) is 6.84. The Hall–Kier alpha value is -3.67. The van der Waals surface area contributed by atoms with Gasteiger partial charge < -0.3 is 29.7 Å². The number of aromatic nitrogens is 3. The molecule has 0 aliphatic carbocycles. The molecule has 3 aromatic rings. The zero-order chi connectivity index (χ0) is 27.5. The van der Waals surface area contributed by atoms with Gasteiger partial charge in [0.05, 0.1) is 31.9 Å². The van der Waals surface area contributed by atoms with Gasteiger partial charge in [-0.05, 0) is 24.6 Å². The highest BCUT2D eigenvalue weighted by Gasteiger charge is 2.28. The summed E-state index contributed by atoms with van der Waals surface area (Å²) in [4.78, 5) is 36.6. The minimum Gasteiger partial charge on any atom is -0.497 e. The van der Waals surface area contributed by atoms with Crippen LogP contribution in [0.5, 0.6) is 11.5 Å². The lowest BCUT2D eigenvalue weighted by Gasteiger charge is -2.39. The summed E-state index contributed by atoms with van der Waals surface area (Å²) < 4.78 is 17.9. The number of halogens is 1. The molecule has 2 aromatic heterocycles. The molecule has 2 aliphatic rings. The molecule has 1 amide bonds. The van der Waals surface area contributed by atoms with E-state index in [4.69, 9.17) is 30.8 Å². The number of amides is 1. The maximum absolute atomic E-state index is 14.0. The highest BCUT2D eigenvalue weighted by molar-refractivity contribution is 6.35. The minimum absolute atomic E-state index is 0.0852. The third-order valence-corrected chi connectivity index (χ3v) is 7.37. The van der Waals surface area contributed by atoms with Gasteiger partial charge in [0.25, 0.3) is 5.56 Å². The lowest BCUT2D eigenvalue weighted by Crippen LogP contribution is -2.59. The highest BCUT2D eigenvalue weighted by atomic mass is 35.5. The molecule has 0 saturated carbocycles. The first-order valence-electron chi connectivity index (χ1n) is 12.7. The predicted molar refractivity (Wildman–Crippen MR) is 149 cm³/mol. The van der Waals surface area contributed by atoms with Gasteiger partial charge in [0.2, 0.25) is 11.9 Å². The number of hydrogen-bond acceptors (Lipinski definition) is 9. The molecule has 1 atom stereocenters. The van der Waals surface area contributed by atoms with Crippen LogP contribution in [0.4, 0.5) is 5.95 Å². The van der Waals surface area contributed by atoms with Crippen LogP contribution in [0.2, 0.25) is 5.02 Å². The zero-order valence-corrected chi connectivity index (χ0v) is 22.7. The number of hydrogen-bond donors (Lipinski definition) is 2. The van der Waals surface area contributed by atoms with Crippen molar-refractivity contribution >= 4 is 34.5 Å². The molecular formula is C27H31ClN6O5. The van der Waals surface area contributed by atoms with E-state index in [2.05, 4.69) is 22.2 Å². The molecule has 206 valence electrons. The Balaban J connectivity index is 1.50. The number of methoxy groups -OCH3 is 2. The third-order valence-electron chi connectivity index (χ3n) is 6.98. The summed E-state index contributed by atoms with van der Waals surface area (Å²) in [7, 11) is 3.05. The van der Waals surface area contributed by atoms with Gasteiger partial charge in [0.15, 0.2) is 0 Å². The number of pyridine rings is 1. The SMILES string of the molecule is C=CC(=O)N1CC(NCCn2c(=O)c(-c3cc(OC)cc(OC)c3Cl)cc3cnc(NC4CCOC4)nc32)C1. The van der Waals surface area contributed by atoms with Crippen LogP contribution in [-0.4, -0.2) is 84.5 Å². The number of nitrogens with one attached hydrogen (secondary N) is 2. The lowest BCUT2D eigenvalue weighted by atomic mass is 10.0. The van der Waals surface area contributed by atoms with Crippen LogP contribution in [0.1, 0.15) is 6.42 Å². The number of carbonyl (C=O) groups excluding carboxylic acids is 1. The molecule has 5 rings (SSSR count). The maximum Gasteiger partial charge on any atom is 0.260 e. The Labute approximate surface area is 230 Å². The Bertz CT molecular complexity index is 1450. The fraction of sp³-hybridized carbons (Fsp3) is 0.407. The van der Waals surface area contributed by atoms with Crippen LogP contribution in [0, 0.1) is 0 Å². The smallest absolute Gasteiger partial charge is 0.260 e. The van der Waals surface area contributed by atoms with E-state index in [9.17, 15) is 9.59 Å². The molecule has 2 aliphatic heterocycles. The molecular weight excluding hydrogens is 524 g/mol. The summed E-state index contributed by atoms with van der Waals surface area (Å²) >= 11 is 6.66. The second-order valence-corrected chi connectivity index (χ2v) is 9.86. The number of carbonyl (C=O) groups is 1. The maximum atomic E-state index is 14.0. The topological polar surface area (TPSA) is 120 Å². The number of benzene rings is 1. The number of anilines is 1. The monoisotopic (exact) mass is 554 g/mol. The van der Waals surface area contributed by atoms with Crippen molar-refractivity contribution in [1.29, 1.82) is 0 Å². The molecule has 1 aromatic carbocycles. The number of rotatable bonds is 10. The molecule has 2 N–H and O–H groups in total. The van der Waals surface area contributed by atoms with E-state index < -0.39 is 0 Å². The Morgan fingerprint density at radius 2 is 2.05 bits per heavy atom. The van der Waals surface area contributed by atoms with Crippen LogP contribution in [0.15, 0.2) is 41.8 Å². The molecule has 0 spiro atoms. The van der Waals surface area contributed by atoms with Gasteiger partial charge in [0, 0.05) is 67.6 Å². The van der Waals surface area contributed by atoms with Gasteiger partial charge in [0.1, 0.15) is 17.1 Å². The fourth-order valence-corrected chi connectivity index (χ4v) is 5.08. The van der Waals surface area contributed by atoms with Gasteiger partial charge in [-0.25, -0.2) is 4.98 Å². The van der Waals surface area contributed by atoms with E-state index in [1.807, 2.05) is 0 Å². The zero-order valence-electron chi connectivity index (χ0n) is 21.9. The predicted octanol–water partition coefficient (Wildman–Crippen LogP) is 2.32. The van der Waals surface area contributed by atoms with Gasteiger partial charge >= 0.3 is 0 Å².